The summed E-state index contributed by atoms with van der Waals surface area (Å²) in [5, 5.41) is 2.28. The molecule has 3 aromatic rings. The van der Waals surface area contributed by atoms with Gasteiger partial charge < -0.3 is 5.32 Å². The molecular formula is C20H14ClF3N2O3S. The van der Waals surface area contributed by atoms with Crippen molar-refractivity contribution in [3.8, 4) is 0 Å². The minimum atomic E-state index is -4.11. The second-order valence-corrected chi connectivity index (χ2v) is 8.37. The highest BCUT2D eigenvalue weighted by Gasteiger charge is 2.20. The highest BCUT2D eigenvalue weighted by Crippen LogP contribution is 2.21. The maximum Gasteiger partial charge on any atom is 0.258 e. The fraction of sp³-hybridized carbons (Fsp3) is 0.0500. The Balaban J connectivity index is 1.80. The maximum atomic E-state index is 14.1. The van der Waals surface area contributed by atoms with Gasteiger partial charge in [-0.05, 0) is 54.1 Å². The van der Waals surface area contributed by atoms with Gasteiger partial charge in [-0.25, -0.2) is 26.3 Å². The van der Waals surface area contributed by atoms with Gasteiger partial charge in [0.1, 0.15) is 17.5 Å². The first-order valence-electron chi connectivity index (χ1n) is 8.46. The zero-order valence-electron chi connectivity index (χ0n) is 15.1. The Morgan fingerprint density at radius 1 is 0.900 bits per heavy atom. The van der Waals surface area contributed by atoms with Crippen LogP contribution in [0.15, 0.2) is 65.6 Å². The van der Waals surface area contributed by atoms with Crippen LogP contribution in [0.1, 0.15) is 15.9 Å². The predicted octanol–water partition coefficient (Wildman–Crippen LogP) is 4.49. The fourth-order valence-corrected chi connectivity index (χ4v) is 3.69. The molecule has 1 amide bonds. The first-order chi connectivity index (χ1) is 14.2. The summed E-state index contributed by atoms with van der Waals surface area (Å²) in [4.78, 5) is 12.0. The average molecular weight is 455 g/mol. The molecule has 156 valence electrons. The molecule has 0 heterocycles. The van der Waals surface area contributed by atoms with Gasteiger partial charge in [-0.1, -0.05) is 23.7 Å². The van der Waals surface area contributed by atoms with Crippen molar-refractivity contribution in [1.82, 2.24) is 4.72 Å². The number of benzene rings is 3. The van der Waals surface area contributed by atoms with E-state index in [0.717, 1.165) is 24.3 Å². The van der Waals surface area contributed by atoms with E-state index in [1.165, 1.54) is 36.4 Å². The molecule has 0 spiro atoms. The Hall–Kier alpha value is -2.88. The van der Waals surface area contributed by atoms with Gasteiger partial charge in [0.05, 0.1) is 16.1 Å². The lowest BCUT2D eigenvalue weighted by molar-refractivity contribution is 0.102. The number of hydrogen-bond acceptors (Lipinski definition) is 3. The molecule has 0 saturated heterocycles. The highest BCUT2D eigenvalue weighted by atomic mass is 35.5. The third-order valence-electron chi connectivity index (χ3n) is 4.05. The summed E-state index contributed by atoms with van der Waals surface area (Å²) in [6.45, 7) is -0.141. The Morgan fingerprint density at radius 2 is 1.60 bits per heavy atom. The van der Waals surface area contributed by atoms with Crippen LogP contribution in [0.3, 0.4) is 0 Å². The molecule has 10 heteroatoms. The van der Waals surface area contributed by atoms with Crippen LogP contribution in [0.2, 0.25) is 5.02 Å². The topological polar surface area (TPSA) is 75.3 Å². The maximum absolute atomic E-state index is 14.1. The van der Waals surface area contributed by atoms with Crippen LogP contribution in [-0.2, 0) is 16.6 Å². The van der Waals surface area contributed by atoms with E-state index in [0.29, 0.717) is 5.56 Å². The van der Waals surface area contributed by atoms with Gasteiger partial charge in [0.15, 0.2) is 0 Å². The second kappa shape index (κ2) is 8.86. The monoisotopic (exact) mass is 454 g/mol. The fourth-order valence-electron chi connectivity index (χ4n) is 2.49. The molecule has 0 radical (unpaired) electrons. The molecule has 0 aliphatic carbocycles. The van der Waals surface area contributed by atoms with Crippen molar-refractivity contribution in [1.29, 1.82) is 0 Å². The van der Waals surface area contributed by atoms with E-state index in [2.05, 4.69) is 10.0 Å². The Morgan fingerprint density at radius 3 is 2.27 bits per heavy atom. The number of carbonyl (C=O) groups is 1. The lowest BCUT2D eigenvalue weighted by Gasteiger charge is -2.11. The van der Waals surface area contributed by atoms with Crippen molar-refractivity contribution < 1.29 is 26.4 Å². The second-order valence-electron chi connectivity index (χ2n) is 6.17. The van der Waals surface area contributed by atoms with Gasteiger partial charge >= 0.3 is 0 Å². The number of halogens is 4. The lowest BCUT2D eigenvalue weighted by Crippen LogP contribution is -2.24. The molecule has 0 aliphatic heterocycles. The quantitative estimate of drug-likeness (QED) is 0.576. The molecule has 0 bridgehead atoms. The van der Waals surface area contributed by atoms with E-state index in [9.17, 15) is 26.4 Å². The largest absolute Gasteiger partial charge is 0.319 e. The summed E-state index contributed by atoms with van der Waals surface area (Å²) in [6, 6.07) is 11.3. The number of nitrogens with one attached hydrogen (secondary N) is 2. The number of hydrogen-bond donors (Lipinski definition) is 2. The third kappa shape index (κ3) is 5.18. The van der Waals surface area contributed by atoms with Gasteiger partial charge in [-0.3, -0.25) is 4.79 Å². The van der Waals surface area contributed by atoms with E-state index in [4.69, 9.17) is 11.6 Å². The smallest absolute Gasteiger partial charge is 0.258 e. The molecular weight excluding hydrogens is 441 g/mol. The zero-order valence-corrected chi connectivity index (χ0v) is 16.7. The van der Waals surface area contributed by atoms with Crippen LogP contribution in [0, 0.1) is 17.5 Å². The molecule has 0 fully saturated rings. The molecule has 2 N–H and O–H groups in total. The molecule has 5 nitrogen and oxygen atoms in total. The van der Waals surface area contributed by atoms with Crippen LogP contribution < -0.4 is 10.0 Å². The number of anilines is 1. The minimum absolute atomic E-state index is 0.108. The van der Waals surface area contributed by atoms with E-state index in [-0.39, 0.29) is 22.2 Å². The molecule has 0 unspecified atom stereocenters. The molecule has 0 aromatic heterocycles. The van der Waals surface area contributed by atoms with E-state index in [1.54, 1.807) is 0 Å². The number of rotatable bonds is 6. The highest BCUT2D eigenvalue weighted by molar-refractivity contribution is 7.89. The summed E-state index contributed by atoms with van der Waals surface area (Å²) < 4.78 is 68.2. The summed E-state index contributed by atoms with van der Waals surface area (Å²) in [7, 11) is -4.11. The van der Waals surface area contributed by atoms with Crippen molar-refractivity contribution in [3.63, 3.8) is 0 Å². The van der Waals surface area contributed by atoms with Gasteiger partial charge in [-0.15, -0.1) is 0 Å². The number of carbonyl (C=O) groups excluding carboxylic acids is 1. The van der Waals surface area contributed by atoms with Crippen molar-refractivity contribution >= 4 is 33.2 Å². The average Bonchev–Trinajstić information content (AvgIpc) is 2.70. The summed E-state index contributed by atoms with van der Waals surface area (Å²) >= 11 is 5.64. The predicted molar refractivity (Wildman–Crippen MR) is 106 cm³/mol. The van der Waals surface area contributed by atoms with E-state index < -0.39 is 38.9 Å². The summed E-state index contributed by atoms with van der Waals surface area (Å²) in [5.41, 5.74) is -0.334. The Labute approximate surface area is 175 Å². The minimum Gasteiger partial charge on any atom is -0.319 e. The van der Waals surface area contributed by atoms with Crippen LogP contribution >= 0.6 is 11.6 Å². The van der Waals surface area contributed by atoms with Gasteiger partial charge in [0, 0.05) is 11.6 Å². The summed E-state index contributed by atoms with van der Waals surface area (Å²) in [6.07, 6.45) is 0. The lowest BCUT2D eigenvalue weighted by atomic mass is 10.2. The van der Waals surface area contributed by atoms with E-state index >= 15 is 0 Å². The standard InChI is InChI=1S/C20H14ClF3N2O3S/c21-13-3-8-19(18(24)9-13)26-20(27)16-10-15(6-7-17(16)23)30(28,29)25-11-12-1-4-14(22)5-2-12/h1-10,25H,11H2,(H,26,27). The molecule has 0 atom stereocenters. The van der Waals surface area contributed by atoms with Gasteiger partial charge in [0.2, 0.25) is 10.0 Å². The Bertz CT molecular complexity index is 1200. The molecule has 3 rings (SSSR count). The van der Waals surface area contributed by atoms with Crippen LogP contribution in [0.5, 0.6) is 0 Å². The summed E-state index contributed by atoms with van der Waals surface area (Å²) in [5.74, 6) is -3.32. The number of amides is 1. The van der Waals surface area contributed by atoms with Gasteiger partial charge in [0.25, 0.3) is 5.91 Å². The first kappa shape index (κ1) is 21.8. The SMILES string of the molecule is O=C(Nc1ccc(Cl)cc1F)c1cc(S(=O)(=O)NCc2ccc(F)cc2)ccc1F. The van der Waals surface area contributed by atoms with Crippen molar-refractivity contribution in [3.05, 3.63) is 94.3 Å². The third-order valence-corrected chi connectivity index (χ3v) is 5.69. The van der Waals surface area contributed by atoms with Gasteiger partial charge in [-0.2, -0.15) is 0 Å². The molecule has 0 saturated carbocycles. The normalized spacial score (nSPS) is 11.3. The van der Waals surface area contributed by atoms with Crippen LogP contribution in [-0.4, -0.2) is 14.3 Å². The van der Waals surface area contributed by atoms with Crippen molar-refractivity contribution in [2.75, 3.05) is 5.32 Å². The molecule has 30 heavy (non-hydrogen) atoms. The number of sulfonamides is 1. The Kier molecular flexibility index (Phi) is 6.45. The van der Waals surface area contributed by atoms with Crippen molar-refractivity contribution in [2.24, 2.45) is 0 Å². The van der Waals surface area contributed by atoms with Crippen molar-refractivity contribution in [2.45, 2.75) is 11.4 Å². The zero-order chi connectivity index (χ0) is 21.9. The van der Waals surface area contributed by atoms with Crippen LogP contribution in [0.25, 0.3) is 0 Å². The van der Waals surface area contributed by atoms with Crippen LogP contribution in [0.4, 0.5) is 18.9 Å². The molecule has 0 aliphatic rings. The molecule has 3 aromatic carbocycles. The van der Waals surface area contributed by atoms with E-state index in [1.807, 2.05) is 0 Å². The first-order valence-corrected chi connectivity index (χ1v) is 10.3.